The normalized spacial score (nSPS) is 19.6. The van der Waals surface area contributed by atoms with E-state index in [2.05, 4.69) is 15.2 Å². The van der Waals surface area contributed by atoms with Crippen LogP contribution in [0.2, 0.25) is 0 Å². The number of likely N-dealkylation sites (N-methyl/N-ethyl adjacent to an activating group) is 1. The van der Waals surface area contributed by atoms with E-state index in [1.807, 2.05) is 14.0 Å². The lowest BCUT2D eigenvalue weighted by Gasteiger charge is -2.19. The summed E-state index contributed by atoms with van der Waals surface area (Å²) in [4.78, 5) is 16.6. The van der Waals surface area contributed by atoms with Crippen LogP contribution in [-0.4, -0.2) is 36.1 Å². The molecule has 0 amide bonds. The Morgan fingerprint density at radius 3 is 2.94 bits per heavy atom. The van der Waals surface area contributed by atoms with Gasteiger partial charge in [-0.15, -0.1) is 0 Å². The van der Waals surface area contributed by atoms with Gasteiger partial charge in [0.25, 0.3) is 5.69 Å². The highest BCUT2D eigenvalue weighted by Gasteiger charge is 2.23. The van der Waals surface area contributed by atoms with Gasteiger partial charge in [0.2, 0.25) is 0 Å². The van der Waals surface area contributed by atoms with E-state index in [4.69, 9.17) is 0 Å². The maximum atomic E-state index is 10.6. The molecule has 1 N–H and O–H groups in total. The summed E-state index contributed by atoms with van der Waals surface area (Å²) in [7, 11) is 1.95. The monoisotopic (exact) mass is 236 g/mol. The second-order valence-electron chi connectivity index (χ2n) is 4.31. The molecule has 1 aromatic rings. The highest BCUT2D eigenvalue weighted by molar-refractivity contribution is 5.51. The fourth-order valence-corrected chi connectivity index (χ4v) is 2.17. The van der Waals surface area contributed by atoms with Crippen molar-refractivity contribution in [2.45, 2.75) is 19.4 Å². The van der Waals surface area contributed by atoms with Gasteiger partial charge in [-0.05, 0) is 26.0 Å². The summed E-state index contributed by atoms with van der Waals surface area (Å²) in [5.41, 5.74) is 0.909. The lowest BCUT2D eigenvalue weighted by atomic mass is 10.2. The number of pyridine rings is 1. The van der Waals surface area contributed by atoms with Crippen LogP contribution in [0.15, 0.2) is 12.3 Å². The molecule has 6 nitrogen and oxygen atoms in total. The van der Waals surface area contributed by atoms with Crippen molar-refractivity contribution in [2.24, 2.45) is 0 Å². The van der Waals surface area contributed by atoms with Gasteiger partial charge in [-0.3, -0.25) is 10.1 Å². The van der Waals surface area contributed by atoms with E-state index in [-0.39, 0.29) is 5.69 Å². The molecule has 1 aliphatic heterocycles. The smallest absolute Gasteiger partial charge is 0.287 e. The van der Waals surface area contributed by atoms with Gasteiger partial charge in [-0.25, -0.2) is 4.98 Å². The Balaban J connectivity index is 2.20. The molecule has 17 heavy (non-hydrogen) atoms. The lowest BCUT2D eigenvalue weighted by Crippen LogP contribution is -2.30. The molecule has 0 bridgehead atoms. The van der Waals surface area contributed by atoms with Crippen molar-refractivity contribution in [1.29, 1.82) is 0 Å². The molecule has 1 atom stereocenters. The van der Waals surface area contributed by atoms with Crippen LogP contribution in [0.25, 0.3) is 0 Å². The minimum Gasteiger partial charge on any atom is -0.355 e. The molecule has 1 fully saturated rings. The van der Waals surface area contributed by atoms with Crippen LogP contribution in [0.3, 0.4) is 0 Å². The third-order valence-electron chi connectivity index (χ3n) is 3.14. The molecule has 0 radical (unpaired) electrons. The highest BCUT2D eigenvalue weighted by Crippen LogP contribution is 2.24. The molecule has 0 aliphatic carbocycles. The van der Waals surface area contributed by atoms with Gasteiger partial charge in [0.05, 0.1) is 4.92 Å². The van der Waals surface area contributed by atoms with Crippen molar-refractivity contribution in [1.82, 2.24) is 10.3 Å². The predicted octanol–water partition coefficient (Wildman–Crippen LogP) is 1.10. The number of aryl methyl sites for hydroxylation is 1. The molecule has 6 heteroatoms. The number of anilines is 1. The molecule has 2 rings (SSSR count). The fourth-order valence-electron chi connectivity index (χ4n) is 2.17. The van der Waals surface area contributed by atoms with Crippen LogP contribution >= 0.6 is 0 Å². The lowest BCUT2D eigenvalue weighted by molar-refractivity contribution is -0.385. The number of nitro groups is 1. The van der Waals surface area contributed by atoms with Gasteiger partial charge in [0, 0.05) is 25.2 Å². The van der Waals surface area contributed by atoms with Crippen molar-refractivity contribution < 1.29 is 4.92 Å². The molecule has 0 spiro atoms. The van der Waals surface area contributed by atoms with E-state index < -0.39 is 4.92 Å². The Labute approximate surface area is 99.8 Å². The van der Waals surface area contributed by atoms with E-state index in [1.54, 1.807) is 6.07 Å². The average molecular weight is 236 g/mol. The number of hydrogen-bond acceptors (Lipinski definition) is 5. The number of aromatic nitrogens is 1. The maximum absolute atomic E-state index is 10.6. The van der Waals surface area contributed by atoms with Crippen molar-refractivity contribution in [3.05, 3.63) is 27.9 Å². The van der Waals surface area contributed by atoms with Crippen LogP contribution in [0, 0.1) is 17.0 Å². The molecule has 1 aliphatic rings. The second-order valence-corrected chi connectivity index (χ2v) is 4.31. The van der Waals surface area contributed by atoms with Crippen molar-refractivity contribution in [3.8, 4) is 0 Å². The zero-order valence-corrected chi connectivity index (χ0v) is 10.0. The summed E-state index contributed by atoms with van der Waals surface area (Å²) < 4.78 is 0. The van der Waals surface area contributed by atoms with E-state index in [0.717, 1.165) is 30.9 Å². The highest BCUT2D eigenvalue weighted by atomic mass is 16.6. The van der Waals surface area contributed by atoms with Gasteiger partial charge in [0.1, 0.15) is 12.0 Å². The molecule has 0 saturated carbocycles. The molecule has 92 valence electrons. The molecule has 1 saturated heterocycles. The minimum atomic E-state index is -0.413. The summed E-state index contributed by atoms with van der Waals surface area (Å²) >= 11 is 0. The van der Waals surface area contributed by atoms with Gasteiger partial charge >= 0.3 is 0 Å². The van der Waals surface area contributed by atoms with Crippen LogP contribution in [0.5, 0.6) is 0 Å². The molecule has 2 heterocycles. The molecule has 1 aromatic heterocycles. The Bertz CT molecular complexity index is 435. The van der Waals surface area contributed by atoms with Gasteiger partial charge in [-0.1, -0.05) is 0 Å². The first-order valence-corrected chi connectivity index (χ1v) is 5.65. The first kappa shape index (κ1) is 11.8. The Kier molecular flexibility index (Phi) is 3.23. The summed E-state index contributed by atoms with van der Waals surface area (Å²) in [6.45, 7) is 3.71. The minimum absolute atomic E-state index is 0.0515. The standard InChI is InChI=1S/C11H16N4O2/c1-8-5-10(15(16)17)6-13-11(8)14-4-3-9(7-14)12-2/h5-6,9,12H,3-4,7H2,1-2H3. The predicted molar refractivity (Wildman–Crippen MR) is 65.3 cm³/mol. The fraction of sp³-hybridized carbons (Fsp3) is 0.545. The van der Waals surface area contributed by atoms with E-state index in [0.29, 0.717) is 6.04 Å². The van der Waals surface area contributed by atoms with Crippen LogP contribution in [0.1, 0.15) is 12.0 Å². The van der Waals surface area contributed by atoms with E-state index >= 15 is 0 Å². The third-order valence-corrected chi connectivity index (χ3v) is 3.14. The van der Waals surface area contributed by atoms with E-state index in [1.165, 1.54) is 6.20 Å². The Hall–Kier alpha value is -1.69. The van der Waals surface area contributed by atoms with Crippen molar-refractivity contribution in [2.75, 3.05) is 25.0 Å². The quantitative estimate of drug-likeness (QED) is 0.628. The Morgan fingerprint density at radius 2 is 2.41 bits per heavy atom. The summed E-state index contributed by atoms with van der Waals surface area (Å²) in [6.07, 6.45) is 2.41. The van der Waals surface area contributed by atoms with E-state index in [9.17, 15) is 10.1 Å². The summed E-state index contributed by atoms with van der Waals surface area (Å²) in [5.74, 6) is 0.855. The first-order valence-electron chi connectivity index (χ1n) is 5.65. The van der Waals surface area contributed by atoms with Crippen LogP contribution in [-0.2, 0) is 0 Å². The second kappa shape index (κ2) is 4.67. The van der Waals surface area contributed by atoms with Crippen molar-refractivity contribution in [3.63, 3.8) is 0 Å². The molecular formula is C11H16N4O2. The summed E-state index contributed by atoms with van der Waals surface area (Å²) in [6, 6.07) is 2.06. The van der Waals surface area contributed by atoms with Gasteiger partial charge in [0.15, 0.2) is 0 Å². The Morgan fingerprint density at radius 1 is 1.65 bits per heavy atom. The molecule has 1 unspecified atom stereocenters. The summed E-state index contributed by atoms with van der Waals surface area (Å²) in [5, 5.41) is 13.9. The average Bonchev–Trinajstić information content (AvgIpc) is 2.77. The largest absolute Gasteiger partial charge is 0.355 e. The third kappa shape index (κ3) is 2.36. The van der Waals surface area contributed by atoms with Gasteiger partial charge < -0.3 is 10.2 Å². The number of nitrogens with zero attached hydrogens (tertiary/aromatic N) is 3. The van der Waals surface area contributed by atoms with Crippen LogP contribution in [0.4, 0.5) is 11.5 Å². The molecule has 0 aromatic carbocycles. The topological polar surface area (TPSA) is 71.3 Å². The number of hydrogen-bond donors (Lipinski definition) is 1. The zero-order valence-electron chi connectivity index (χ0n) is 10.0. The first-order chi connectivity index (χ1) is 8.11. The van der Waals surface area contributed by atoms with Crippen LogP contribution < -0.4 is 10.2 Å². The maximum Gasteiger partial charge on any atom is 0.287 e. The van der Waals surface area contributed by atoms with Gasteiger partial charge in [-0.2, -0.15) is 0 Å². The molecular weight excluding hydrogens is 220 g/mol. The zero-order chi connectivity index (χ0) is 12.4. The number of rotatable bonds is 3. The number of nitrogens with one attached hydrogen (secondary N) is 1. The SMILES string of the molecule is CNC1CCN(c2ncc([N+](=O)[O-])cc2C)C1. The van der Waals surface area contributed by atoms with Crippen molar-refractivity contribution >= 4 is 11.5 Å².